The summed E-state index contributed by atoms with van der Waals surface area (Å²) in [5.74, 6) is 0.875. The highest BCUT2D eigenvalue weighted by atomic mass is 32.2. The fraction of sp³-hybridized carbons (Fsp3) is 0.316. The lowest BCUT2D eigenvalue weighted by Crippen LogP contribution is -2.14. The van der Waals surface area contributed by atoms with Crippen LogP contribution in [0, 0.1) is 0 Å². The van der Waals surface area contributed by atoms with Crippen LogP contribution in [0.2, 0.25) is 0 Å². The third kappa shape index (κ3) is 3.83. The van der Waals surface area contributed by atoms with Gasteiger partial charge >= 0.3 is 0 Å². The van der Waals surface area contributed by atoms with Crippen LogP contribution in [0.5, 0.6) is 11.5 Å². The predicted octanol–water partition coefficient (Wildman–Crippen LogP) is 3.06. The molecule has 1 aliphatic rings. The number of amides is 1. The van der Waals surface area contributed by atoms with Gasteiger partial charge in [-0.3, -0.25) is 4.79 Å². The van der Waals surface area contributed by atoms with Crippen molar-refractivity contribution in [3.63, 3.8) is 0 Å². The Balaban J connectivity index is 1.91. The van der Waals surface area contributed by atoms with Gasteiger partial charge in [0.1, 0.15) is 17.6 Å². The molecular formula is C19H21NO5S. The van der Waals surface area contributed by atoms with Crippen molar-refractivity contribution in [2.24, 2.45) is 0 Å². The molecule has 26 heavy (non-hydrogen) atoms. The molecule has 0 aromatic heterocycles. The Hall–Kier alpha value is -2.54. The van der Waals surface area contributed by atoms with E-state index in [9.17, 15) is 13.2 Å². The fourth-order valence-corrected chi connectivity index (χ4v) is 3.54. The summed E-state index contributed by atoms with van der Waals surface area (Å²) in [6, 6.07) is 9.56. The number of hydrogen-bond donors (Lipinski definition) is 1. The van der Waals surface area contributed by atoms with Crippen molar-refractivity contribution < 1.29 is 22.7 Å². The Bertz CT molecular complexity index is 952. The molecule has 0 fully saturated rings. The van der Waals surface area contributed by atoms with E-state index in [1.54, 1.807) is 18.2 Å². The maximum Gasteiger partial charge on any atom is 0.255 e. The standard InChI is InChI=1S/C19H21NO5S/c1-4-24-18-10-14-8-12(2)25-17(14)11-16(18)20-19(21)13-6-5-7-15(9-13)26(3,22)23/h5-7,9-12H,4,8H2,1-3H3,(H,20,21)/t12-/m0/s1. The SMILES string of the molecule is CCOc1cc2c(cc1NC(=O)c1cccc(S(C)(=O)=O)c1)O[C@@H](C)C2. The smallest absolute Gasteiger partial charge is 0.255 e. The second-order valence-electron chi connectivity index (χ2n) is 6.28. The second kappa shape index (κ2) is 6.99. The largest absolute Gasteiger partial charge is 0.492 e. The van der Waals surface area contributed by atoms with Gasteiger partial charge in [0.15, 0.2) is 9.84 Å². The quantitative estimate of drug-likeness (QED) is 0.869. The molecule has 6 nitrogen and oxygen atoms in total. The Labute approximate surface area is 153 Å². The minimum absolute atomic E-state index is 0.0804. The van der Waals surface area contributed by atoms with E-state index in [4.69, 9.17) is 9.47 Å². The number of rotatable bonds is 5. The van der Waals surface area contributed by atoms with Crippen LogP contribution >= 0.6 is 0 Å². The van der Waals surface area contributed by atoms with Crippen molar-refractivity contribution >= 4 is 21.4 Å². The van der Waals surface area contributed by atoms with Crippen molar-refractivity contribution in [2.75, 3.05) is 18.2 Å². The van der Waals surface area contributed by atoms with Crippen molar-refractivity contribution in [2.45, 2.75) is 31.3 Å². The first-order valence-corrected chi connectivity index (χ1v) is 10.2. The molecular weight excluding hydrogens is 354 g/mol. The Kier molecular flexibility index (Phi) is 4.91. The van der Waals surface area contributed by atoms with Crippen molar-refractivity contribution in [1.82, 2.24) is 0 Å². The van der Waals surface area contributed by atoms with Crippen LogP contribution in [0.25, 0.3) is 0 Å². The first-order chi connectivity index (χ1) is 12.3. The molecule has 0 saturated heterocycles. The van der Waals surface area contributed by atoms with Crippen molar-refractivity contribution in [3.8, 4) is 11.5 Å². The summed E-state index contributed by atoms with van der Waals surface area (Å²) in [4.78, 5) is 12.7. The number of ether oxygens (including phenoxy) is 2. The van der Waals surface area contributed by atoms with Gasteiger partial charge in [0.25, 0.3) is 5.91 Å². The molecule has 1 aliphatic heterocycles. The number of hydrogen-bond acceptors (Lipinski definition) is 5. The van der Waals surface area contributed by atoms with Gasteiger partial charge in [-0.2, -0.15) is 0 Å². The highest BCUT2D eigenvalue weighted by Crippen LogP contribution is 2.38. The molecule has 2 aromatic rings. The van der Waals surface area contributed by atoms with Gasteiger partial charge in [-0.1, -0.05) is 6.07 Å². The zero-order valence-corrected chi connectivity index (χ0v) is 15.7. The molecule has 1 amide bonds. The highest BCUT2D eigenvalue weighted by molar-refractivity contribution is 7.90. The van der Waals surface area contributed by atoms with Gasteiger partial charge in [0.05, 0.1) is 17.2 Å². The zero-order valence-electron chi connectivity index (χ0n) is 14.9. The lowest BCUT2D eigenvalue weighted by Gasteiger charge is -2.14. The van der Waals surface area contributed by atoms with Gasteiger partial charge in [-0.05, 0) is 38.1 Å². The molecule has 0 saturated carbocycles. The summed E-state index contributed by atoms with van der Waals surface area (Å²) < 4.78 is 34.8. The molecule has 0 spiro atoms. The van der Waals surface area contributed by atoms with Crippen LogP contribution in [-0.4, -0.2) is 33.3 Å². The molecule has 138 valence electrons. The summed E-state index contributed by atoms with van der Waals surface area (Å²) in [5.41, 5.74) is 1.79. The summed E-state index contributed by atoms with van der Waals surface area (Å²) in [7, 11) is -3.39. The van der Waals surface area contributed by atoms with Crippen LogP contribution in [-0.2, 0) is 16.3 Å². The molecule has 3 rings (SSSR count). The maximum absolute atomic E-state index is 12.6. The number of fused-ring (bicyclic) bond motifs is 1. The van der Waals surface area contributed by atoms with Gasteiger partial charge in [0.2, 0.25) is 0 Å². The third-order valence-electron chi connectivity index (χ3n) is 4.07. The Morgan fingerprint density at radius 3 is 2.77 bits per heavy atom. The predicted molar refractivity (Wildman–Crippen MR) is 98.9 cm³/mol. The monoisotopic (exact) mass is 375 g/mol. The van der Waals surface area contributed by atoms with Crippen LogP contribution in [0.3, 0.4) is 0 Å². The lowest BCUT2D eigenvalue weighted by molar-refractivity contribution is 0.102. The zero-order chi connectivity index (χ0) is 18.9. The molecule has 0 unspecified atom stereocenters. The average molecular weight is 375 g/mol. The van der Waals surface area contributed by atoms with E-state index in [1.165, 1.54) is 12.1 Å². The highest BCUT2D eigenvalue weighted by Gasteiger charge is 2.23. The van der Waals surface area contributed by atoms with E-state index in [0.29, 0.717) is 18.0 Å². The molecule has 2 aromatic carbocycles. The summed E-state index contributed by atoms with van der Waals surface area (Å²) >= 11 is 0. The van der Waals surface area contributed by atoms with Gasteiger partial charge in [-0.15, -0.1) is 0 Å². The lowest BCUT2D eigenvalue weighted by atomic mass is 10.1. The second-order valence-corrected chi connectivity index (χ2v) is 8.29. The number of carbonyl (C=O) groups excluding carboxylic acids is 1. The van der Waals surface area contributed by atoms with E-state index in [0.717, 1.165) is 24.0 Å². The summed E-state index contributed by atoms with van der Waals surface area (Å²) in [6.07, 6.45) is 1.98. The number of sulfone groups is 1. The van der Waals surface area contributed by atoms with Crippen LogP contribution < -0.4 is 14.8 Å². The maximum atomic E-state index is 12.6. The first kappa shape index (κ1) is 18.3. The minimum Gasteiger partial charge on any atom is -0.492 e. The van der Waals surface area contributed by atoms with Crippen LogP contribution in [0.15, 0.2) is 41.3 Å². The number of anilines is 1. The number of carbonyl (C=O) groups is 1. The molecule has 7 heteroatoms. The number of benzene rings is 2. The molecule has 1 heterocycles. The molecule has 1 atom stereocenters. The van der Waals surface area contributed by atoms with E-state index in [-0.39, 0.29) is 16.6 Å². The van der Waals surface area contributed by atoms with Crippen LogP contribution in [0.4, 0.5) is 5.69 Å². The molecule has 0 radical (unpaired) electrons. The average Bonchev–Trinajstić information content (AvgIpc) is 2.93. The normalized spacial score (nSPS) is 15.9. The van der Waals surface area contributed by atoms with E-state index >= 15 is 0 Å². The van der Waals surface area contributed by atoms with E-state index < -0.39 is 15.7 Å². The van der Waals surface area contributed by atoms with Gasteiger partial charge < -0.3 is 14.8 Å². The molecule has 1 N–H and O–H groups in total. The van der Waals surface area contributed by atoms with Crippen molar-refractivity contribution in [1.29, 1.82) is 0 Å². The Morgan fingerprint density at radius 2 is 2.08 bits per heavy atom. The van der Waals surface area contributed by atoms with Gasteiger partial charge in [-0.25, -0.2) is 8.42 Å². The summed E-state index contributed by atoms with van der Waals surface area (Å²) in [5, 5.41) is 2.80. The third-order valence-corrected chi connectivity index (χ3v) is 5.18. The van der Waals surface area contributed by atoms with E-state index in [2.05, 4.69) is 5.32 Å². The number of nitrogens with one attached hydrogen (secondary N) is 1. The van der Waals surface area contributed by atoms with E-state index in [1.807, 2.05) is 19.9 Å². The molecule has 0 bridgehead atoms. The van der Waals surface area contributed by atoms with Crippen LogP contribution in [0.1, 0.15) is 29.8 Å². The van der Waals surface area contributed by atoms with Gasteiger partial charge in [0, 0.05) is 29.9 Å². The minimum atomic E-state index is -3.39. The van der Waals surface area contributed by atoms with Crippen molar-refractivity contribution in [3.05, 3.63) is 47.5 Å². The molecule has 0 aliphatic carbocycles. The Morgan fingerprint density at radius 1 is 1.31 bits per heavy atom. The topological polar surface area (TPSA) is 81.7 Å². The summed E-state index contributed by atoms with van der Waals surface area (Å²) in [6.45, 7) is 4.31. The fourth-order valence-electron chi connectivity index (χ4n) is 2.87. The first-order valence-electron chi connectivity index (χ1n) is 8.35.